The first-order chi connectivity index (χ1) is 26.5. The van der Waals surface area contributed by atoms with Crippen LogP contribution in [0.4, 0.5) is 26.7 Å². The summed E-state index contributed by atoms with van der Waals surface area (Å²) in [6.45, 7) is 6.14. The lowest BCUT2D eigenvalue weighted by atomic mass is 9.85. The average molecular weight is 792 g/mol. The van der Waals surface area contributed by atoms with E-state index >= 15 is 17.6 Å². The van der Waals surface area contributed by atoms with Crippen LogP contribution in [0.3, 0.4) is 0 Å². The summed E-state index contributed by atoms with van der Waals surface area (Å²) in [4.78, 5) is 17.2. The Kier molecular flexibility index (Phi) is 10.7. The van der Waals surface area contributed by atoms with E-state index in [4.69, 9.17) is 9.16 Å². The maximum atomic E-state index is 16.8. The van der Waals surface area contributed by atoms with Crippen LogP contribution in [0.2, 0.25) is 5.04 Å². The molecule has 2 N–H and O–H groups in total. The van der Waals surface area contributed by atoms with Crippen molar-refractivity contribution in [3.8, 4) is 0 Å². The van der Waals surface area contributed by atoms with Gasteiger partial charge >= 0.3 is 6.09 Å². The average Bonchev–Trinajstić information content (AvgIpc) is 3.47. The zero-order valence-electron chi connectivity index (χ0n) is 32.0. The number of hydrogen-bond donors (Lipinski definition) is 2. The van der Waals surface area contributed by atoms with Crippen LogP contribution >= 0.6 is 0 Å². The zero-order chi connectivity index (χ0) is 40.2. The summed E-state index contributed by atoms with van der Waals surface area (Å²) >= 11 is 0. The Morgan fingerprint density at radius 1 is 0.929 bits per heavy atom. The number of likely N-dealkylation sites (tertiary alicyclic amines) is 1. The molecule has 1 aromatic heterocycles. The number of ether oxygens (including phenoxy) is 1. The summed E-state index contributed by atoms with van der Waals surface area (Å²) in [5, 5.41) is 10.9. The Hall–Kier alpha value is -4.56. The molecule has 1 amide bonds. The fourth-order valence-electron chi connectivity index (χ4n) is 8.86. The number of methoxy groups -OCH3 is 1. The Morgan fingerprint density at radius 2 is 1.52 bits per heavy atom. The van der Waals surface area contributed by atoms with Gasteiger partial charge in [0.2, 0.25) is 0 Å². The normalized spacial score (nSPS) is 18.9. The molecule has 3 heterocycles. The number of carboxylic acid groups (broad SMARTS) is 1. The SMILES string of the molecule is COC(c1cc(F)c([C@@H]2c3[nH]c4ccc(F)cc4c3C[C@@H](C)N2CC(F)(F)CO[Si](c2ccccc2)(c2ccccc2)C(C)(C)C)c(F)c1)C1CN(C(=O)O)C1. The van der Waals surface area contributed by atoms with Gasteiger partial charge in [0.15, 0.2) is 0 Å². The lowest BCUT2D eigenvalue weighted by molar-refractivity contribution is -0.0825. The summed E-state index contributed by atoms with van der Waals surface area (Å²) < 4.78 is 93.8. The molecule has 56 heavy (non-hydrogen) atoms. The first-order valence-corrected chi connectivity index (χ1v) is 20.6. The van der Waals surface area contributed by atoms with Crippen molar-refractivity contribution in [3.05, 3.63) is 131 Å². The number of nitrogens with zero attached hydrogens (tertiary/aromatic N) is 2. The molecular weight excluding hydrogens is 746 g/mol. The number of aromatic amines is 1. The number of amides is 1. The number of hydrogen-bond acceptors (Lipinski definition) is 4. The molecule has 296 valence electrons. The van der Waals surface area contributed by atoms with Gasteiger partial charge in [-0.05, 0) is 70.2 Å². The van der Waals surface area contributed by atoms with Crippen LogP contribution in [0, 0.1) is 23.4 Å². The second kappa shape index (κ2) is 15.1. The molecular formula is C43H46F5N3O4Si. The van der Waals surface area contributed by atoms with E-state index in [0.29, 0.717) is 22.2 Å². The lowest BCUT2D eigenvalue weighted by Crippen LogP contribution is -2.67. The summed E-state index contributed by atoms with van der Waals surface area (Å²) in [5.74, 6) is -6.27. The molecule has 2 aliphatic heterocycles. The van der Waals surface area contributed by atoms with Crippen LogP contribution in [0.15, 0.2) is 91.0 Å². The van der Waals surface area contributed by atoms with E-state index in [2.05, 4.69) is 4.98 Å². The van der Waals surface area contributed by atoms with Crippen molar-refractivity contribution in [3.63, 3.8) is 0 Å². The minimum absolute atomic E-state index is 0.132. The van der Waals surface area contributed by atoms with Gasteiger partial charge in [0.1, 0.15) is 17.5 Å². The molecule has 4 aromatic carbocycles. The number of halogens is 5. The van der Waals surface area contributed by atoms with Crippen molar-refractivity contribution in [2.45, 2.75) is 63.3 Å². The molecule has 2 aliphatic rings. The summed E-state index contributed by atoms with van der Waals surface area (Å²) in [6.07, 6.45) is -1.69. The van der Waals surface area contributed by atoms with Gasteiger partial charge in [-0.1, -0.05) is 81.4 Å². The van der Waals surface area contributed by atoms with E-state index in [0.717, 1.165) is 22.5 Å². The summed E-state index contributed by atoms with van der Waals surface area (Å²) in [5.41, 5.74) is 1.15. The Morgan fingerprint density at radius 3 is 2.05 bits per heavy atom. The smallest absolute Gasteiger partial charge is 0.407 e. The number of carbonyl (C=O) groups is 1. The molecule has 1 unspecified atom stereocenters. The number of benzene rings is 4. The summed E-state index contributed by atoms with van der Waals surface area (Å²) in [7, 11) is -1.99. The largest absolute Gasteiger partial charge is 0.465 e. The molecule has 3 atom stereocenters. The van der Waals surface area contributed by atoms with Gasteiger partial charge in [-0.15, -0.1) is 0 Å². The van der Waals surface area contributed by atoms with E-state index in [1.54, 1.807) is 6.92 Å². The van der Waals surface area contributed by atoms with Gasteiger partial charge in [0.05, 0.1) is 25.3 Å². The van der Waals surface area contributed by atoms with Crippen LogP contribution in [-0.2, 0) is 15.6 Å². The second-order valence-corrected chi connectivity index (χ2v) is 20.5. The van der Waals surface area contributed by atoms with Crippen molar-refractivity contribution < 1.29 is 41.0 Å². The fourth-order valence-corrected chi connectivity index (χ4v) is 13.4. The van der Waals surface area contributed by atoms with Crippen LogP contribution in [0.25, 0.3) is 10.9 Å². The van der Waals surface area contributed by atoms with Gasteiger partial charge in [0, 0.05) is 54.3 Å². The van der Waals surface area contributed by atoms with E-state index in [-0.39, 0.29) is 31.0 Å². The topological polar surface area (TPSA) is 78.0 Å². The molecule has 0 bridgehead atoms. The highest BCUT2D eigenvalue weighted by atomic mass is 28.4. The zero-order valence-corrected chi connectivity index (χ0v) is 33.0. The van der Waals surface area contributed by atoms with Crippen LogP contribution in [0.5, 0.6) is 0 Å². The van der Waals surface area contributed by atoms with Crippen molar-refractivity contribution in [1.82, 2.24) is 14.8 Å². The third-order valence-electron chi connectivity index (χ3n) is 11.5. The van der Waals surface area contributed by atoms with Gasteiger partial charge in [-0.3, -0.25) is 4.90 Å². The molecule has 0 saturated carbocycles. The molecule has 0 radical (unpaired) electrons. The highest BCUT2D eigenvalue weighted by Crippen LogP contribution is 2.45. The fraction of sp³-hybridized carbons (Fsp3) is 0.372. The minimum atomic E-state index is -3.50. The van der Waals surface area contributed by atoms with Gasteiger partial charge in [0.25, 0.3) is 14.2 Å². The number of alkyl halides is 2. The van der Waals surface area contributed by atoms with Gasteiger partial charge < -0.3 is 24.2 Å². The highest BCUT2D eigenvalue weighted by molar-refractivity contribution is 6.99. The van der Waals surface area contributed by atoms with E-state index in [1.165, 1.54) is 35.1 Å². The maximum absolute atomic E-state index is 16.8. The molecule has 1 fully saturated rings. The quantitative estimate of drug-likeness (QED) is 0.104. The Balaban J connectivity index is 1.28. The lowest BCUT2D eigenvalue weighted by Gasteiger charge is -2.45. The van der Waals surface area contributed by atoms with Gasteiger partial charge in [-0.25, -0.2) is 26.7 Å². The maximum Gasteiger partial charge on any atom is 0.407 e. The van der Waals surface area contributed by atoms with Crippen molar-refractivity contribution in [2.75, 3.05) is 33.4 Å². The van der Waals surface area contributed by atoms with Gasteiger partial charge in [-0.2, -0.15) is 0 Å². The molecule has 1 saturated heterocycles. The highest BCUT2D eigenvalue weighted by Gasteiger charge is 2.53. The monoisotopic (exact) mass is 791 g/mol. The number of aromatic nitrogens is 1. The van der Waals surface area contributed by atoms with E-state index in [1.807, 2.05) is 81.4 Å². The standard InChI is InChI=1S/C43H46F5N3O4Si/c1-26-18-33-32-21-29(44)16-17-36(32)49-38(33)39(37-34(45)19-27(20-35(37)46)40(54-5)28-22-50(23-28)41(52)53)51(26)24-43(47,48)25-55-56(42(2,3)4,30-12-8-6-9-13-30)31-14-10-7-11-15-31/h6-17,19-21,26,28,39-40,49H,18,22-25H2,1-5H3,(H,52,53)/t26-,39-,40?/m1/s1. The first kappa shape index (κ1) is 39.7. The third kappa shape index (κ3) is 7.14. The van der Waals surface area contributed by atoms with E-state index < -0.39 is 79.7 Å². The first-order valence-electron chi connectivity index (χ1n) is 18.7. The number of nitrogens with one attached hydrogen (secondary N) is 1. The second-order valence-electron chi connectivity index (χ2n) is 16.1. The predicted octanol–water partition coefficient (Wildman–Crippen LogP) is 8.43. The molecule has 7 nitrogen and oxygen atoms in total. The van der Waals surface area contributed by atoms with Crippen molar-refractivity contribution in [1.29, 1.82) is 0 Å². The van der Waals surface area contributed by atoms with Crippen molar-refractivity contribution in [2.24, 2.45) is 5.92 Å². The van der Waals surface area contributed by atoms with E-state index in [9.17, 15) is 14.3 Å². The molecule has 13 heteroatoms. The Bertz CT molecular complexity index is 2150. The molecule has 0 spiro atoms. The van der Waals surface area contributed by atoms with Crippen LogP contribution in [-0.4, -0.2) is 79.6 Å². The minimum Gasteiger partial charge on any atom is -0.465 e. The molecule has 7 rings (SSSR count). The van der Waals surface area contributed by atoms with Crippen LogP contribution in [0.1, 0.15) is 62.2 Å². The number of fused-ring (bicyclic) bond motifs is 3. The van der Waals surface area contributed by atoms with Crippen molar-refractivity contribution >= 4 is 35.7 Å². The van der Waals surface area contributed by atoms with Crippen LogP contribution < -0.4 is 10.4 Å². The molecule has 5 aromatic rings. The number of H-pyrrole nitrogens is 1. The third-order valence-corrected chi connectivity index (χ3v) is 16.5. The number of rotatable bonds is 11. The molecule has 0 aliphatic carbocycles. The summed E-state index contributed by atoms with van der Waals surface area (Å²) in [6, 6.07) is 23.3. The Labute approximate surface area is 324 Å². The predicted molar refractivity (Wildman–Crippen MR) is 208 cm³/mol.